The van der Waals surface area contributed by atoms with Gasteiger partial charge in [-0.2, -0.15) is 0 Å². The predicted molar refractivity (Wildman–Crippen MR) is 78.4 cm³/mol. The molecule has 1 atom stereocenters. The molecule has 19 heavy (non-hydrogen) atoms. The Morgan fingerprint density at radius 3 is 3.00 bits per heavy atom. The van der Waals surface area contributed by atoms with Crippen LogP contribution in [0.5, 0.6) is 0 Å². The molecule has 1 aromatic rings. The van der Waals surface area contributed by atoms with E-state index >= 15 is 0 Å². The maximum atomic E-state index is 12.0. The topological polar surface area (TPSA) is 43.2 Å². The second kappa shape index (κ2) is 6.71. The standard InChI is InChI=1S/C16H23N2O/c1-12-5-6-13(2)15(10-12)18-16(19)8-7-14-4-3-9-17-11-14/h5-6,10,14H,3-4,7-9,11H2,1-2H3,(H,18,19). The Balaban J connectivity index is 1.81. The van der Waals surface area contributed by atoms with Gasteiger partial charge in [0, 0.05) is 25.2 Å². The molecular formula is C16H23N2O. The van der Waals surface area contributed by atoms with Gasteiger partial charge in [-0.1, -0.05) is 12.1 Å². The highest BCUT2D eigenvalue weighted by Crippen LogP contribution is 2.19. The average Bonchev–Trinajstić information content (AvgIpc) is 2.42. The van der Waals surface area contributed by atoms with Crippen LogP contribution in [0.3, 0.4) is 0 Å². The van der Waals surface area contributed by atoms with Gasteiger partial charge in [0.1, 0.15) is 0 Å². The number of hydrogen-bond acceptors (Lipinski definition) is 1. The van der Waals surface area contributed by atoms with E-state index in [1.54, 1.807) is 0 Å². The van der Waals surface area contributed by atoms with Crippen molar-refractivity contribution in [2.45, 2.75) is 39.5 Å². The maximum absolute atomic E-state index is 12.0. The Morgan fingerprint density at radius 1 is 1.42 bits per heavy atom. The molecule has 0 saturated carbocycles. The maximum Gasteiger partial charge on any atom is 0.224 e. The number of piperidine rings is 1. The molecule has 1 amide bonds. The molecule has 1 heterocycles. The fourth-order valence-corrected chi connectivity index (χ4v) is 2.51. The van der Waals surface area contributed by atoms with Gasteiger partial charge in [0.25, 0.3) is 0 Å². The van der Waals surface area contributed by atoms with Crippen molar-refractivity contribution in [1.29, 1.82) is 0 Å². The number of aryl methyl sites for hydroxylation is 2. The summed E-state index contributed by atoms with van der Waals surface area (Å²) in [6.45, 7) is 6.01. The lowest BCUT2D eigenvalue weighted by Gasteiger charge is -2.21. The number of rotatable bonds is 4. The van der Waals surface area contributed by atoms with Crippen molar-refractivity contribution in [3.8, 4) is 0 Å². The van der Waals surface area contributed by atoms with Crippen molar-refractivity contribution >= 4 is 11.6 Å². The number of nitrogens with zero attached hydrogens (tertiary/aromatic N) is 1. The van der Waals surface area contributed by atoms with E-state index in [2.05, 4.69) is 16.7 Å². The van der Waals surface area contributed by atoms with Crippen LogP contribution in [-0.4, -0.2) is 19.0 Å². The zero-order valence-corrected chi connectivity index (χ0v) is 11.9. The minimum Gasteiger partial charge on any atom is -0.326 e. The Bertz CT molecular complexity index is 436. The Hall–Kier alpha value is -1.35. The fourth-order valence-electron chi connectivity index (χ4n) is 2.51. The van der Waals surface area contributed by atoms with Crippen LogP contribution in [0.25, 0.3) is 0 Å². The lowest BCUT2D eigenvalue weighted by molar-refractivity contribution is -0.116. The second-order valence-corrected chi connectivity index (χ2v) is 5.54. The smallest absolute Gasteiger partial charge is 0.224 e. The first kappa shape index (κ1) is 14.1. The number of anilines is 1. The zero-order valence-electron chi connectivity index (χ0n) is 11.9. The van der Waals surface area contributed by atoms with Crippen LogP contribution in [0.2, 0.25) is 0 Å². The van der Waals surface area contributed by atoms with Gasteiger partial charge >= 0.3 is 0 Å². The molecule has 0 bridgehead atoms. The van der Waals surface area contributed by atoms with Gasteiger partial charge in [0.2, 0.25) is 5.91 Å². The molecule has 1 saturated heterocycles. The Kier molecular flexibility index (Phi) is 4.97. The number of amides is 1. The predicted octanol–water partition coefficient (Wildman–Crippen LogP) is 3.04. The number of nitrogens with one attached hydrogen (secondary N) is 1. The van der Waals surface area contributed by atoms with E-state index in [0.29, 0.717) is 12.3 Å². The molecule has 1 N–H and O–H groups in total. The molecule has 1 aliphatic heterocycles. The molecule has 1 fully saturated rings. The third kappa shape index (κ3) is 4.35. The van der Waals surface area contributed by atoms with E-state index in [9.17, 15) is 4.79 Å². The van der Waals surface area contributed by atoms with Crippen LogP contribution >= 0.6 is 0 Å². The van der Waals surface area contributed by atoms with Gasteiger partial charge in [0.15, 0.2) is 0 Å². The zero-order chi connectivity index (χ0) is 13.7. The largest absolute Gasteiger partial charge is 0.326 e. The molecule has 0 aromatic heterocycles. The van der Waals surface area contributed by atoms with Gasteiger partial charge in [-0.3, -0.25) is 4.79 Å². The van der Waals surface area contributed by atoms with Gasteiger partial charge in [-0.25, -0.2) is 5.32 Å². The van der Waals surface area contributed by atoms with E-state index < -0.39 is 0 Å². The summed E-state index contributed by atoms with van der Waals surface area (Å²) in [5.74, 6) is 0.734. The molecule has 1 aromatic carbocycles. The van der Waals surface area contributed by atoms with Crippen molar-refractivity contribution < 1.29 is 4.79 Å². The summed E-state index contributed by atoms with van der Waals surface area (Å²) in [5.41, 5.74) is 3.23. The van der Waals surface area contributed by atoms with Crippen molar-refractivity contribution in [1.82, 2.24) is 5.32 Å². The van der Waals surface area contributed by atoms with Crippen molar-refractivity contribution in [2.75, 3.05) is 18.4 Å². The molecule has 1 radical (unpaired) electrons. The van der Waals surface area contributed by atoms with Crippen molar-refractivity contribution in [3.05, 3.63) is 29.3 Å². The van der Waals surface area contributed by atoms with Gasteiger partial charge in [0.05, 0.1) is 0 Å². The van der Waals surface area contributed by atoms with Crippen LogP contribution in [0.1, 0.15) is 36.8 Å². The van der Waals surface area contributed by atoms with Crippen molar-refractivity contribution in [2.24, 2.45) is 5.92 Å². The quantitative estimate of drug-likeness (QED) is 0.887. The van der Waals surface area contributed by atoms with E-state index in [-0.39, 0.29) is 5.91 Å². The lowest BCUT2D eigenvalue weighted by Crippen LogP contribution is -2.25. The highest BCUT2D eigenvalue weighted by molar-refractivity contribution is 5.91. The number of benzene rings is 1. The second-order valence-electron chi connectivity index (χ2n) is 5.54. The summed E-state index contributed by atoms with van der Waals surface area (Å²) in [5, 5.41) is 7.44. The third-order valence-electron chi connectivity index (χ3n) is 3.76. The van der Waals surface area contributed by atoms with Crippen molar-refractivity contribution in [3.63, 3.8) is 0 Å². The number of hydrogen-bond donors (Lipinski definition) is 1. The van der Waals surface area contributed by atoms with Crippen LogP contribution < -0.4 is 10.6 Å². The Morgan fingerprint density at radius 2 is 2.26 bits per heavy atom. The molecule has 2 rings (SSSR count). The number of carbonyl (C=O) groups is 1. The monoisotopic (exact) mass is 259 g/mol. The highest BCUT2D eigenvalue weighted by atomic mass is 16.1. The van der Waals surface area contributed by atoms with Crippen LogP contribution in [0.15, 0.2) is 18.2 Å². The fraction of sp³-hybridized carbons (Fsp3) is 0.562. The van der Waals surface area contributed by atoms with E-state index in [0.717, 1.165) is 30.8 Å². The molecule has 0 aliphatic carbocycles. The minimum atomic E-state index is 0.124. The molecule has 103 valence electrons. The summed E-state index contributed by atoms with van der Waals surface area (Å²) in [7, 11) is 0. The van der Waals surface area contributed by atoms with Gasteiger partial charge in [-0.05, 0) is 56.2 Å². The molecule has 1 unspecified atom stereocenters. The van der Waals surface area contributed by atoms with E-state index in [4.69, 9.17) is 0 Å². The van der Waals surface area contributed by atoms with Crippen LogP contribution in [0.4, 0.5) is 5.69 Å². The first-order chi connectivity index (χ1) is 9.15. The van der Waals surface area contributed by atoms with Gasteiger partial charge in [-0.15, -0.1) is 0 Å². The molecule has 0 spiro atoms. The summed E-state index contributed by atoms with van der Waals surface area (Å²) in [6.07, 6.45) is 3.97. The molecular weight excluding hydrogens is 236 g/mol. The summed E-state index contributed by atoms with van der Waals surface area (Å²) in [6, 6.07) is 6.14. The summed E-state index contributed by atoms with van der Waals surface area (Å²) in [4.78, 5) is 12.0. The van der Waals surface area contributed by atoms with Gasteiger partial charge < -0.3 is 5.32 Å². The third-order valence-corrected chi connectivity index (χ3v) is 3.76. The summed E-state index contributed by atoms with van der Waals surface area (Å²) >= 11 is 0. The molecule has 3 heteroatoms. The van der Waals surface area contributed by atoms with E-state index in [1.807, 2.05) is 26.0 Å². The minimum absolute atomic E-state index is 0.124. The summed E-state index contributed by atoms with van der Waals surface area (Å²) < 4.78 is 0. The lowest BCUT2D eigenvalue weighted by atomic mass is 9.94. The average molecular weight is 259 g/mol. The number of carbonyl (C=O) groups excluding carboxylic acids is 1. The first-order valence-corrected chi connectivity index (χ1v) is 7.15. The molecule has 1 aliphatic rings. The normalized spacial score (nSPS) is 19.2. The first-order valence-electron chi connectivity index (χ1n) is 7.15. The van der Waals surface area contributed by atoms with Crippen LogP contribution in [-0.2, 0) is 4.79 Å². The SMILES string of the molecule is Cc1ccc(C)c(NC(=O)CCC2CCC[N]C2)c1. The Labute approximate surface area is 115 Å². The van der Waals surface area contributed by atoms with E-state index in [1.165, 1.54) is 18.4 Å². The molecule has 3 nitrogen and oxygen atoms in total. The van der Waals surface area contributed by atoms with Crippen LogP contribution in [0, 0.1) is 19.8 Å². The highest BCUT2D eigenvalue weighted by Gasteiger charge is 2.15.